The zero-order valence-corrected chi connectivity index (χ0v) is 10.3. The Kier molecular flexibility index (Phi) is 4.04. The highest BCUT2D eigenvalue weighted by Crippen LogP contribution is 2.36. The van der Waals surface area contributed by atoms with E-state index in [1.54, 1.807) is 13.8 Å². The summed E-state index contributed by atoms with van der Waals surface area (Å²) in [6, 6.07) is 2.09. The molecular weight excluding hydrogens is 265 g/mol. The van der Waals surface area contributed by atoms with Crippen LogP contribution in [0.25, 0.3) is 0 Å². The van der Waals surface area contributed by atoms with Crippen molar-refractivity contribution >= 4 is 5.69 Å². The first kappa shape index (κ1) is 15.2. The molecule has 0 aliphatic heterocycles. The van der Waals surface area contributed by atoms with Gasteiger partial charge in [0.15, 0.2) is 5.75 Å². The maximum Gasteiger partial charge on any atom is 0.416 e. The summed E-state index contributed by atoms with van der Waals surface area (Å²) in [6.07, 6.45) is -4.64. The predicted octanol–water partition coefficient (Wildman–Crippen LogP) is 2.73. The smallest absolute Gasteiger partial charge is 0.416 e. The van der Waals surface area contributed by atoms with Gasteiger partial charge < -0.3 is 10.5 Å². The standard InChI is InChI=1S/C11H13F3N2O3/c1-10(2,15)6-19-9-4-3-7(11(12,13)14)5-8(9)16(17)18/h3-5H,6,15H2,1-2H3. The van der Waals surface area contributed by atoms with E-state index in [1.807, 2.05) is 0 Å². The summed E-state index contributed by atoms with van der Waals surface area (Å²) in [4.78, 5) is 9.83. The molecule has 0 spiro atoms. The number of nitrogens with two attached hydrogens (primary N) is 1. The molecular formula is C11H13F3N2O3. The van der Waals surface area contributed by atoms with Gasteiger partial charge >= 0.3 is 11.9 Å². The number of benzene rings is 1. The van der Waals surface area contributed by atoms with Crippen LogP contribution in [0.4, 0.5) is 18.9 Å². The summed E-state index contributed by atoms with van der Waals surface area (Å²) in [7, 11) is 0. The monoisotopic (exact) mass is 278 g/mol. The summed E-state index contributed by atoms with van der Waals surface area (Å²) in [5.74, 6) is -0.239. The number of nitrogens with zero attached hydrogens (tertiary/aromatic N) is 1. The van der Waals surface area contributed by atoms with E-state index >= 15 is 0 Å². The van der Waals surface area contributed by atoms with E-state index in [0.717, 1.165) is 12.1 Å². The van der Waals surface area contributed by atoms with Gasteiger partial charge in [-0.25, -0.2) is 0 Å². The van der Waals surface area contributed by atoms with Gasteiger partial charge in [-0.3, -0.25) is 10.1 Å². The molecule has 0 saturated carbocycles. The van der Waals surface area contributed by atoms with Crippen LogP contribution in [0.15, 0.2) is 18.2 Å². The molecule has 0 aromatic heterocycles. The van der Waals surface area contributed by atoms with E-state index in [0.29, 0.717) is 6.07 Å². The Labute approximate surface area is 107 Å². The lowest BCUT2D eigenvalue weighted by atomic mass is 10.1. The molecule has 1 rings (SSSR count). The average Bonchev–Trinajstić information content (AvgIpc) is 2.23. The third-order valence-electron chi connectivity index (χ3n) is 2.08. The molecule has 1 aromatic carbocycles. The number of rotatable bonds is 4. The molecule has 0 bridgehead atoms. The van der Waals surface area contributed by atoms with E-state index in [1.165, 1.54) is 0 Å². The van der Waals surface area contributed by atoms with Crippen molar-refractivity contribution in [3.8, 4) is 5.75 Å². The fraction of sp³-hybridized carbons (Fsp3) is 0.455. The third kappa shape index (κ3) is 4.40. The van der Waals surface area contributed by atoms with Crippen LogP contribution >= 0.6 is 0 Å². The molecule has 0 radical (unpaired) electrons. The maximum absolute atomic E-state index is 12.5. The minimum absolute atomic E-state index is 0.0563. The van der Waals surface area contributed by atoms with Gasteiger partial charge in [0.25, 0.3) is 0 Å². The molecule has 0 amide bonds. The molecule has 8 heteroatoms. The van der Waals surface area contributed by atoms with Crippen molar-refractivity contribution in [2.45, 2.75) is 25.6 Å². The van der Waals surface area contributed by atoms with Crippen molar-refractivity contribution in [2.75, 3.05) is 6.61 Å². The predicted molar refractivity (Wildman–Crippen MR) is 61.9 cm³/mol. The highest BCUT2D eigenvalue weighted by atomic mass is 19.4. The first-order valence-corrected chi connectivity index (χ1v) is 5.28. The number of alkyl halides is 3. The summed E-state index contributed by atoms with van der Waals surface area (Å²) >= 11 is 0. The summed E-state index contributed by atoms with van der Waals surface area (Å²) in [5, 5.41) is 10.8. The van der Waals surface area contributed by atoms with Gasteiger partial charge in [0.05, 0.1) is 10.5 Å². The Bertz CT molecular complexity index is 481. The largest absolute Gasteiger partial charge is 0.485 e. The number of nitro groups is 1. The van der Waals surface area contributed by atoms with Crippen LogP contribution < -0.4 is 10.5 Å². The number of halogens is 3. The lowest BCUT2D eigenvalue weighted by Crippen LogP contribution is -2.38. The second-order valence-corrected chi connectivity index (χ2v) is 4.71. The highest BCUT2D eigenvalue weighted by molar-refractivity contribution is 5.49. The highest BCUT2D eigenvalue weighted by Gasteiger charge is 2.33. The Hall–Kier alpha value is -1.83. The van der Waals surface area contributed by atoms with E-state index in [2.05, 4.69) is 0 Å². The number of hydrogen-bond donors (Lipinski definition) is 1. The quantitative estimate of drug-likeness (QED) is 0.678. The number of ether oxygens (including phenoxy) is 1. The van der Waals surface area contributed by atoms with Crippen molar-refractivity contribution in [2.24, 2.45) is 5.73 Å². The number of hydrogen-bond acceptors (Lipinski definition) is 4. The van der Waals surface area contributed by atoms with Gasteiger partial charge in [-0.1, -0.05) is 0 Å². The van der Waals surface area contributed by atoms with Crippen LogP contribution in [0.5, 0.6) is 5.75 Å². The van der Waals surface area contributed by atoms with Gasteiger partial charge in [0.2, 0.25) is 0 Å². The lowest BCUT2D eigenvalue weighted by molar-refractivity contribution is -0.386. The molecule has 0 saturated heterocycles. The fourth-order valence-electron chi connectivity index (χ4n) is 1.22. The third-order valence-corrected chi connectivity index (χ3v) is 2.08. The second-order valence-electron chi connectivity index (χ2n) is 4.71. The molecule has 0 aliphatic rings. The van der Waals surface area contributed by atoms with Crippen LogP contribution in [-0.2, 0) is 6.18 Å². The minimum Gasteiger partial charge on any atom is -0.485 e. The minimum atomic E-state index is -4.64. The molecule has 1 aromatic rings. The zero-order chi connectivity index (χ0) is 14.8. The maximum atomic E-state index is 12.5. The topological polar surface area (TPSA) is 78.4 Å². The molecule has 0 heterocycles. The first-order chi connectivity index (χ1) is 8.50. The van der Waals surface area contributed by atoms with Gasteiger partial charge in [-0.2, -0.15) is 13.2 Å². The van der Waals surface area contributed by atoms with Gasteiger partial charge in [-0.15, -0.1) is 0 Å². The van der Waals surface area contributed by atoms with Gasteiger partial charge in [0, 0.05) is 11.6 Å². The van der Waals surface area contributed by atoms with Gasteiger partial charge in [0.1, 0.15) is 6.61 Å². The van der Waals surface area contributed by atoms with E-state index < -0.39 is 27.9 Å². The normalized spacial score (nSPS) is 12.3. The molecule has 0 unspecified atom stereocenters. The summed E-state index contributed by atoms with van der Waals surface area (Å²) < 4.78 is 42.5. The van der Waals surface area contributed by atoms with Crippen molar-refractivity contribution in [1.82, 2.24) is 0 Å². The van der Waals surface area contributed by atoms with Crippen LogP contribution in [0.3, 0.4) is 0 Å². The second kappa shape index (κ2) is 5.04. The summed E-state index contributed by atoms with van der Waals surface area (Å²) in [6.45, 7) is 3.20. The van der Waals surface area contributed by atoms with Gasteiger partial charge in [-0.05, 0) is 26.0 Å². The average molecular weight is 278 g/mol. The van der Waals surface area contributed by atoms with Crippen molar-refractivity contribution in [1.29, 1.82) is 0 Å². The van der Waals surface area contributed by atoms with E-state index in [4.69, 9.17) is 10.5 Å². The molecule has 5 nitrogen and oxygen atoms in total. The molecule has 106 valence electrons. The molecule has 0 fully saturated rings. The Morgan fingerprint density at radius 3 is 2.37 bits per heavy atom. The molecule has 19 heavy (non-hydrogen) atoms. The Morgan fingerprint density at radius 1 is 1.37 bits per heavy atom. The SMILES string of the molecule is CC(C)(N)COc1ccc(C(F)(F)F)cc1[N+](=O)[O-]. The van der Waals surface area contributed by atoms with Crippen LogP contribution in [-0.4, -0.2) is 17.1 Å². The van der Waals surface area contributed by atoms with Crippen LogP contribution in [0.1, 0.15) is 19.4 Å². The first-order valence-electron chi connectivity index (χ1n) is 5.28. The van der Waals surface area contributed by atoms with Crippen LogP contribution in [0.2, 0.25) is 0 Å². The number of nitro benzene ring substituents is 1. The Balaban J connectivity index is 3.09. The van der Waals surface area contributed by atoms with Crippen molar-refractivity contribution < 1.29 is 22.8 Å². The fourth-order valence-corrected chi connectivity index (χ4v) is 1.22. The van der Waals surface area contributed by atoms with Crippen molar-refractivity contribution in [3.05, 3.63) is 33.9 Å². The molecule has 0 aliphatic carbocycles. The van der Waals surface area contributed by atoms with E-state index in [9.17, 15) is 23.3 Å². The summed E-state index contributed by atoms with van der Waals surface area (Å²) in [5.41, 5.74) is 3.04. The van der Waals surface area contributed by atoms with E-state index in [-0.39, 0.29) is 12.4 Å². The van der Waals surface area contributed by atoms with Crippen molar-refractivity contribution in [3.63, 3.8) is 0 Å². The molecule has 2 N–H and O–H groups in total. The molecule has 0 atom stereocenters. The Morgan fingerprint density at radius 2 is 1.95 bits per heavy atom. The van der Waals surface area contributed by atoms with Crippen LogP contribution in [0, 0.1) is 10.1 Å². The lowest BCUT2D eigenvalue weighted by Gasteiger charge is -2.19. The zero-order valence-electron chi connectivity index (χ0n) is 10.3.